The summed E-state index contributed by atoms with van der Waals surface area (Å²) in [4.78, 5) is 0. The number of halogens is 2. The van der Waals surface area contributed by atoms with Gasteiger partial charge < -0.3 is 10.8 Å². The summed E-state index contributed by atoms with van der Waals surface area (Å²) in [6.07, 6.45) is 0.494. The Bertz CT molecular complexity index is 328. The van der Waals surface area contributed by atoms with Crippen molar-refractivity contribution in [1.82, 2.24) is 0 Å². The third-order valence-electron chi connectivity index (χ3n) is 2.18. The Morgan fingerprint density at radius 1 is 1.57 bits per heavy atom. The van der Waals surface area contributed by atoms with Crippen molar-refractivity contribution in [2.45, 2.75) is 18.9 Å². The molecule has 3 N–H and O–H groups in total. The van der Waals surface area contributed by atoms with Crippen LogP contribution < -0.4 is 5.73 Å². The van der Waals surface area contributed by atoms with Crippen molar-refractivity contribution in [1.29, 1.82) is 0 Å². The summed E-state index contributed by atoms with van der Waals surface area (Å²) in [6.45, 7) is 1.91. The fourth-order valence-electron chi connectivity index (χ4n) is 1.32. The van der Waals surface area contributed by atoms with Gasteiger partial charge in [0.1, 0.15) is 0 Å². The SMILES string of the molecule is C[C@@](N)(CCO)c1ccc(Br)cc1Cl. The van der Waals surface area contributed by atoms with Crippen molar-refractivity contribution in [2.75, 3.05) is 6.61 Å². The minimum atomic E-state index is -0.577. The Morgan fingerprint density at radius 3 is 2.71 bits per heavy atom. The Balaban J connectivity index is 3.06. The average Bonchev–Trinajstić information content (AvgIpc) is 2.02. The number of aliphatic hydroxyl groups excluding tert-OH is 1. The second-order valence-corrected chi connectivity index (χ2v) is 4.84. The predicted molar refractivity (Wildman–Crippen MR) is 62.4 cm³/mol. The summed E-state index contributed by atoms with van der Waals surface area (Å²) in [7, 11) is 0. The smallest absolute Gasteiger partial charge is 0.0467 e. The topological polar surface area (TPSA) is 46.2 Å². The standard InChI is InChI=1S/C10H13BrClNO/c1-10(13,4-5-14)8-3-2-7(11)6-9(8)12/h2-3,6,14H,4-5,13H2,1H3/t10-/m1/s1. The molecule has 0 heterocycles. The van der Waals surface area contributed by atoms with Crippen molar-refractivity contribution >= 4 is 27.5 Å². The average molecular weight is 279 g/mol. The first kappa shape index (κ1) is 12.0. The van der Waals surface area contributed by atoms with E-state index in [0.717, 1.165) is 10.0 Å². The molecule has 0 aliphatic rings. The molecule has 0 radical (unpaired) electrons. The molecule has 0 spiro atoms. The molecule has 0 bridgehead atoms. The van der Waals surface area contributed by atoms with Crippen LogP contribution >= 0.6 is 27.5 Å². The second kappa shape index (κ2) is 4.62. The second-order valence-electron chi connectivity index (χ2n) is 3.52. The van der Waals surface area contributed by atoms with E-state index in [9.17, 15) is 0 Å². The predicted octanol–water partition coefficient (Wildman–Crippen LogP) is 2.66. The Kier molecular flexibility index (Phi) is 3.95. The molecule has 0 aliphatic carbocycles. The molecule has 78 valence electrons. The fraction of sp³-hybridized carbons (Fsp3) is 0.400. The summed E-state index contributed by atoms with van der Waals surface area (Å²) in [5.41, 5.74) is 6.32. The lowest BCUT2D eigenvalue weighted by Crippen LogP contribution is -2.34. The van der Waals surface area contributed by atoms with Gasteiger partial charge in [0.15, 0.2) is 0 Å². The summed E-state index contributed by atoms with van der Waals surface area (Å²) >= 11 is 9.39. The Hall–Kier alpha value is -0.0900. The van der Waals surface area contributed by atoms with Gasteiger partial charge in [0.2, 0.25) is 0 Å². The third-order valence-corrected chi connectivity index (χ3v) is 2.98. The van der Waals surface area contributed by atoms with Gasteiger partial charge in [-0.1, -0.05) is 33.6 Å². The Morgan fingerprint density at radius 2 is 2.21 bits per heavy atom. The van der Waals surface area contributed by atoms with Crippen LogP contribution in [0.3, 0.4) is 0 Å². The van der Waals surface area contributed by atoms with Crippen LogP contribution in [0.25, 0.3) is 0 Å². The molecule has 1 rings (SSSR count). The van der Waals surface area contributed by atoms with Crippen molar-refractivity contribution < 1.29 is 5.11 Å². The van der Waals surface area contributed by atoms with Crippen molar-refractivity contribution in [2.24, 2.45) is 5.73 Å². The lowest BCUT2D eigenvalue weighted by molar-refractivity contribution is 0.247. The van der Waals surface area contributed by atoms with Crippen LogP contribution in [0.4, 0.5) is 0 Å². The lowest BCUT2D eigenvalue weighted by atomic mass is 9.90. The zero-order chi connectivity index (χ0) is 10.8. The maximum atomic E-state index is 8.88. The van der Waals surface area contributed by atoms with Gasteiger partial charge >= 0.3 is 0 Å². The fourth-order valence-corrected chi connectivity index (χ4v) is 2.21. The quantitative estimate of drug-likeness (QED) is 0.893. The van der Waals surface area contributed by atoms with E-state index in [2.05, 4.69) is 15.9 Å². The molecule has 0 amide bonds. The molecule has 0 fully saturated rings. The molecule has 0 aliphatic heterocycles. The zero-order valence-electron chi connectivity index (χ0n) is 7.93. The van der Waals surface area contributed by atoms with Gasteiger partial charge in [0.25, 0.3) is 0 Å². The summed E-state index contributed by atoms with van der Waals surface area (Å²) in [6, 6.07) is 5.57. The molecule has 1 aromatic rings. The van der Waals surface area contributed by atoms with Crippen LogP contribution in [-0.4, -0.2) is 11.7 Å². The molecule has 0 unspecified atom stereocenters. The van der Waals surface area contributed by atoms with E-state index in [-0.39, 0.29) is 6.61 Å². The molecule has 14 heavy (non-hydrogen) atoms. The number of nitrogens with two attached hydrogens (primary N) is 1. The molecule has 2 nitrogen and oxygen atoms in total. The van der Waals surface area contributed by atoms with Crippen LogP contribution in [0.1, 0.15) is 18.9 Å². The number of hydrogen-bond donors (Lipinski definition) is 2. The Labute approximate surface area is 97.2 Å². The van der Waals surface area contributed by atoms with Gasteiger partial charge in [-0.15, -0.1) is 0 Å². The minimum absolute atomic E-state index is 0.0550. The van der Waals surface area contributed by atoms with Gasteiger partial charge in [-0.05, 0) is 31.0 Å². The third kappa shape index (κ3) is 2.70. The van der Waals surface area contributed by atoms with E-state index in [1.165, 1.54) is 0 Å². The van der Waals surface area contributed by atoms with Crippen molar-refractivity contribution in [3.8, 4) is 0 Å². The molecule has 4 heteroatoms. The number of aliphatic hydroxyl groups is 1. The van der Waals surface area contributed by atoms with E-state index >= 15 is 0 Å². The molecular formula is C10H13BrClNO. The van der Waals surface area contributed by atoms with Crippen LogP contribution in [0.2, 0.25) is 5.02 Å². The van der Waals surface area contributed by atoms with Crippen LogP contribution in [0.15, 0.2) is 22.7 Å². The summed E-state index contributed by atoms with van der Waals surface area (Å²) in [5.74, 6) is 0. The van der Waals surface area contributed by atoms with Crippen LogP contribution in [0.5, 0.6) is 0 Å². The molecule has 0 saturated heterocycles. The first-order valence-electron chi connectivity index (χ1n) is 4.32. The highest BCUT2D eigenvalue weighted by molar-refractivity contribution is 9.10. The van der Waals surface area contributed by atoms with E-state index in [4.69, 9.17) is 22.4 Å². The minimum Gasteiger partial charge on any atom is -0.396 e. The van der Waals surface area contributed by atoms with E-state index < -0.39 is 5.54 Å². The van der Waals surface area contributed by atoms with Gasteiger partial charge in [0, 0.05) is 21.6 Å². The molecule has 1 atom stereocenters. The summed E-state index contributed by atoms with van der Waals surface area (Å²) < 4.78 is 0.922. The molecule has 0 saturated carbocycles. The monoisotopic (exact) mass is 277 g/mol. The highest BCUT2D eigenvalue weighted by atomic mass is 79.9. The number of hydrogen-bond acceptors (Lipinski definition) is 2. The van der Waals surface area contributed by atoms with Crippen molar-refractivity contribution in [3.63, 3.8) is 0 Å². The molecule has 1 aromatic carbocycles. The lowest BCUT2D eigenvalue weighted by Gasteiger charge is -2.25. The van der Waals surface area contributed by atoms with Crippen molar-refractivity contribution in [3.05, 3.63) is 33.3 Å². The number of benzene rings is 1. The highest BCUT2D eigenvalue weighted by Crippen LogP contribution is 2.30. The summed E-state index contributed by atoms with van der Waals surface area (Å²) in [5, 5.41) is 9.50. The zero-order valence-corrected chi connectivity index (χ0v) is 10.3. The number of rotatable bonds is 3. The van der Waals surface area contributed by atoms with E-state index in [1.807, 2.05) is 19.1 Å². The van der Waals surface area contributed by atoms with Crippen LogP contribution in [-0.2, 0) is 5.54 Å². The van der Waals surface area contributed by atoms with Gasteiger partial charge in [-0.25, -0.2) is 0 Å². The first-order chi connectivity index (χ1) is 6.47. The largest absolute Gasteiger partial charge is 0.396 e. The normalized spacial score (nSPS) is 15.2. The van der Waals surface area contributed by atoms with E-state index in [1.54, 1.807) is 6.07 Å². The first-order valence-corrected chi connectivity index (χ1v) is 5.50. The van der Waals surface area contributed by atoms with Gasteiger partial charge in [-0.3, -0.25) is 0 Å². The maximum absolute atomic E-state index is 8.88. The highest BCUT2D eigenvalue weighted by Gasteiger charge is 2.23. The maximum Gasteiger partial charge on any atom is 0.0467 e. The van der Waals surface area contributed by atoms with Gasteiger partial charge in [-0.2, -0.15) is 0 Å². The van der Waals surface area contributed by atoms with Crippen LogP contribution in [0, 0.1) is 0 Å². The molecule has 0 aromatic heterocycles. The molecular weight excluding hydrogens is 265 g/mol. The van der Waals surface area contributed by atoms with Gasteiger partial charge in [0.05, 0.1) is 0 Å². The van der Waals surface area contributed by atoms with E-state index in [0.29, 0.717) is 11.4 Å².